The monoisotopic (exact) mass is 241 g/mol. The summed E-state index contributed by atoms with van der Waals surface area (Å²) in [4.78, 5) is 0. The number of benzene rings is 1. The minimum absolute atomic E-state index is 0.272. The molecule has 16 heavy (non-hydrogen) atoms. The molecule has 0 heterocycles. The van der Waals surface area contributed by atoms with Crippen molar-refractivity contribution in [2.24, 2.45) is 4.40 Å². The molecule has 1 aromatic carbocycles. The maximum atomic E-state index is 12.8. The highest BCUT2D eigenvalue weighted by molar-refractivity contribution is 7.85. The van der Waals surface area contributed by atoms with Crippen molar-refractivity contribution in [1.82, 2.24) is 0 Å². The van der Waals surface area contributed by atoms with E-state index in [0.717, 1.165) is 11.1 Å². The third-order valence-corrected chi connectivity index (χ3v) is 3.39. The van der Waals surface area contributed by atoms with Gasteiger partial charge in [0, 0.05) is 6.21 Å². The van der Waals surface area contributed by atoms with Crippen molar-refractivity contribution in [2.45, 2.75) is 32.4 Å². The summed E-state index contributed by atoms with van der Waals surface area (Å²) in [6.07, 6.45) is 1.54. The van der Waals surface area contributed by atoms with Crippen molar-refractivity contribution in [1.29, 1.82) is 0 Å². The molecule has 0 saturated heterocycles. The largest absolute Gasteiger partial charge is 0.234 e. The minimum Gasteiger partial charge on any atom is -0.234 e. The van der Waals surface area contributed by atoms with E-state index in [1.807, 2.05) is 20.8 Å². The Balaban J connectivity index is 2.89. The number of rotatable bonds is 2. The van der Waals surface area contributed by atoms with E-state index < -0.39 is 11.0 Å². The summed E-state index contributed by atoms with van der Waals surface area (Å²) < 4.78 is 28.1. The van der Waals surface area contributed by atoms with Crippen LogP contribution in [0.4, 0.5) is 4.39 Å². The van der Waals surface area contributed by atoms with Crippen molar-refractivity contribution in [3.05, 3.63) is 35.1 Å². The standard InChI is InChI=1S/C12H16FNOS/c1-9-7-11(13)6-5-10(9)8-14-16(15)12(2,3)4/h5-8H,1-4H3/b14-8+/t16-/m0/s1. The molecule has 1 aromatic rings. The predicted molar refractivity (Wildman–Crippen MR) is 66.6 cm³/mol. The normalized spacial score (nSPS) is 14.3. The highest BCUT2D eigenvalue weighted by atomic mass is 32.2. The van der Waals surface area contributed by atoms with Crippen LogP contribution in [-0.2, 0) is 11.0 Å². The molecule has 1 atom stereocenters. The van der Waals surface area contributed by atoms with Crippen molar-refractivity contribution in [2.75, 3.05) is 0 Å². The summed E-state index contributed by atoms with van der Waals surface area (Å²) in [5.74, 6) is -0.272. The van der Waals surface area contributed by atoms with E-state index >= 15 is 0 Å². The Morgan fingerprint density at radius 2 is 2.00 bits per heavy atom. The van der Waals surface area contributed by atoms with Gasteiger partial charge in [0.25, 0.3) is 0 Å². The maximum Gasteiger partial charge on any atom is 0.144 e. The SMILES string of the molecule is Cc1cc(F)ccc1/C=N/[S@@](=O)C(C)(C)C. The van der Waals surface area contributed by atoms with Crippen LogP contribution in [0.3, 0.4) is 0 Å². The predicted octanol–water partition coefficient (Wildman–Crippen LogP) is 3.02. The van der Waals surface area contributed by atoms with E-state index in [4.69, 9.17) is 0 Å². The van der Waals surface area contributed by atoms with Crippen LogP contribution in [0.2, 0.25) is 0 Å². The summed E-state index contributed by atoms with van der Waals surface area (Å²) in [6.45, 7) is 7.37. The molecule has 0 spiro atoms. The average Bonchev–Trinajstić information content (AvgIpc) is 2.14. The van der Waals surface area contributed by atoms with Gasteiger partial charge in [0.15, 0.2) is 0 Å². The van der Waals surface area contributed by atoms with Gasteiger partial charge in [0.1, 0.15) is 16.8 Å². The van der Waals surface area contributed by atoms with E-state index in [9.17, 15) is 8.60 Å². The molecule has 0 saturated carbocycles. The lowest BCUT2D eigenvalue weighted by molar-refractivity contribution is 0.626. The van der Waals surface area contributed by atoms with Crippen LogP contribution in [-0.4, -0.2) is 15.2 Å². The Hall–Kier alpha value is -1.03. The first-order chi connectivity index (χ1) is 7.30. The molecule has 0 fully saturated rings. The molecule has 0 N–H and O–H groups in total. The number of nitrogens with zero attached hydrogens (tertiary/aromatic N) is 1. The first-order valence-electron chi connectivity index (χ1n) is 5.03. The minimum atomic E-state index is -1.28. The zero-order valence-corrected chi connectivity index (χ0v) is 10.8. The Morgan fingerprint density at radius 1 is 1.38 bits per heavy atom. The van der Waals surface area contributed by atoms with Crippen LogP contribution in [0.25, 0.3) is 0 Å². The van der Waals surface area contributed by atoms with Crippen LogP contribution in [0.5, 0.6) is 0 Å². The fourth-order valence-corrected chi connectivity index (χ4v) is 1.57. The van der Waals surface area contributed by atoms with E-state index in [0.29, 0.717) is 0 Å². The van der Waals surface area contributed by atoms with E-state index in [2.05, 4.69) is 4.40 Å². The van der Waals surface area contributed by atoms with Gasteiger partial charge in [-0.15, -0.1) is 0 Å². The molecule has 0 radical (unpaired) electrons. The van der Waals surface area contributed by atoms with Crippen LogP contribution in [0, 0.1) is 12.7 Å². The van der Waals surface area contributed by atoms with Gasteiger partial charge in [-0.25, -0.2) is 8.60 Å². The van der Waals surface area contributed by atoms with Gasteiger partial charge in [-0.2, -0.15) is 4.40 Å². The van der Waals surface area contributed by atoms with Gasteiger partial charge in [0.05, 0.1) is 4.75 Å². The first-order valence-corrected chi connectivity index (χ1v) is 6.13. The van der Waals surface area contributed by atoms with Gasteiger partial charge in [-0.3, -0.25) is 0 Å². The molecule has 0 amide bonds. The van der Waals surface area contributed by atoms with Gasteiger partial charge in [-0.05, 0) is 51.0 Å². The molecule has 0 aliphatic heterocycles. The second-order valence-electron chi connectivity index (χ2n) is 4.60. The Kier molecular flexibility index (Phi) is 3.97. The zero-order chi connectivity index (χ0) is 12.3. The third kappa shape index (κ3) is 3.52. The number of halogens is 1. The number of aryl methyl sites for hydroxylation is 1. The molecule has 2 nitrogen and oxygen atoms in total. The van der Waals surface area contributed by atoms with Crippen molar-refractivity contribution < 1.29 is 8.60 Å². The summed E-state index contributed by atoms with van der Waals surface area (Å²) in [6, 6.07) is 4.43. The van der Waals surface area contributed by atoms with Crippen LogP contribution in [0.1, 0.15) is 31.9 Å². The first kappa shape index (κ1) is 13.0. The van der Waals surface area contributed by atoms with Gasteiger partial charge in [-0.1, -0.05) is 6.07 Å². The lowest BCUT2D eigenvalue weighted by Crippen LogP contribution is -2.19. The summed E-state index contributed by atoms with van der Waals surface area (Å²) in [5, 5.41) is 0. The quantitative estimate of drug-likeness (QED) is 0.732. The number of hydrogen-bond donors (Lipinski definition) is 0. The molecule has 0 aliphatic carbocycles. The molecular formula is C12H16FNOS. The second kappa shape index (κ2) is 4.87. The molecule has 88 valence electrons. The molecule has 0 bridgehead atoms. The van der Waals surface area contributed by atoms with E-state index in [1.165, 1.54) is 18.3 Å². The van der Waals surface area contributed by atoms with Gasteiger partial charge < -0.3 is 0 Å². The average molecular weight is 241 g/mol. The second-order valence-corrected chi connectivity index (χ2v) is 6.53. The third-order valence-electron chi connectivity index (χ3n) is 2.04. The number of hydrogen-bond acceptors (Lipinski definition) is 1. The molecule has 1 rings (SSSR count). The van der Waals surface area contributed by atoms with Gasteiger partial charge >= 0.3 is 0 Å². The molecule has 0 unspecified atom stereocenters. The maximum absolute atomic E-state index is 12.8. The lowest BCUT2D eigenvalue weighted by atomic mass is 10.1. The summed E-state index contributed by atoms with van der Waals surface area (Å²) in [5.41, 5.74) is 1.58. The zero-order valence-electron chi connectivity index (χ0n) is 9.95. The molecular weight excluding hydrogens is 225 g/mol. The van der Waals surface area contributed by atoms with Gasteiger partial charge in [0.2, 0.25) is 0 Å². The highest BCUT2D eigenvalue weighted by Gasteiger charge is 2.18. The van der Waals surface area contributed by atoms with Crippen molar-refractivity contribution in [3.8, 4) is 0 Å². The topological polar surface area (TPSA) is 29.4 Å². The van der Waals surface area contributed by atoms with Crippen LogP contribution >= 0.6 is 0 Å². The van der Waals surface area contributed by atoms with E-state index in [1.54, 1.807) is 13.0 Å². The van der Waals surface area contributed by atoms with Crippen LogP contribution in [0.15, 0.2) is 22.6 Å². The van der Waals surface area contributed by atoms with Crippen molar-refractivity contribution >= 4 is 17.2 Å². The summed E-state index contributed by atoms with van der Waals surface area (Å²) in [7, 11) is -1.28. The fourth-order valence-electron chi connectivity index (χ4n) is 1.05. The van der Waals surface area contributed by atoms with Crippen molar-refractivity contribution in [3.63, 3.8) is 0 Å². The fraction of sp³-hybridized carbons (Fsp3) is 0.417. The molecule has 4 heteroatoms. The van der Waals surface area contributed by atoms with E-state index in [-0.39, 0.29) is 10.6 Å². The Morgan fingerprint density at radius 3 is 2.50 bits per heavy atom. The molecule has 0 aliphatic rings. The van der Waals surface area contributed by atoms with Crippen LogP contribution < -0.4 is 0 Å². The Labute approximate surface area is 98.2 Å². The molecule has 0 aromatic heterocycles. The highest BCUT2D eigenvalue weighted by Crippen LogP contribution is 2.13. The lowest BCUT2D eigenvalue weighted by Gasteiger charge is -2.12. The summed E-state index contributed by atoms with van der Waals surface area (Å²) >= 11 is 0. The Bertz CT molecular complexity index is 435. The smallest absolute Gasteiger partial charge is 0.144 e.